The van der Waals surface area contributed by atoms with E-state index in [1.165, 1.54) is 11.3 Å². The lowest BCUT2D eigenvalue weighted by Gasteiger charge is -2.24. The predicted octanol–water partition coefficient (Wildman–Crippen LogP) is 4.17. The number of halogens is 2. The van der Waals surface area contributed by atoms with Crippen molar-refractivity contribution in [1.82, 2.24) is 9.71 Å². The molecule has 0 saturated heterocycles. The van der Waals surface area contributed by atoms with Gasteiger partial charge in [-0.25, -0.2) is 13.9 Å². The fraction of sp³-hybridized carbons (Fsp3) is 0.357. The fourth-order valence-corrected chi connectivity index (χ4v) is 3.68. The zero-order valence-electron chi connectivity index (χ0n) is 12.4. The standard InChI is InChI=1S/C14H17Cl2N3OS2/c1-14(2,3)22(20)19-12(11-7-18-13(17)21-11)8-4-5-9(15)10(16)6-8/h4-7,12,19H,1-3H3,(H2,17,18)/t12-,22+/m1/s1. The molecule has 0 aliphatic carbocycles. The van der Waals surface area contributed by atoms with E-state index in [0.717, 1.165) is 10.4 Å². The van der Waals surface area contributed by atoms with Crippen LogP contribution in [0.25, 0.3) is 0 Å². The van der Waals surface area contributed by atoms with Crippen LogP contribution in [-0.2, 0) is 11.0 Å². The topological polar surface area (TPSA) is 68.0 Å². The van der Waals surface area contributed by atoms with E-state index < -0.39 is 15.7 Å². The van der Waals surface area contributed by atoms with E-state index in [0.29, 0.717) is 15.2 Å². The molecule has 0 aliphatic heterocycles. The number of nitrogen functional groups attached to an aromatic ring is 1. The molecule has 3 N–H and O–H groups in total. The lowest BCUT2D eigenvalue weighted by atomic mass is 10.1. The molecule has 2 rings (SSSR count). The predicted molar refractivity (Wildman–Crippen MR) is 95.9 cm³/mol. The quantitative estimate of drug-likeness (QED) is 0.839. The molecule has 0 saturated carbocycles. The summed E-state index contributed by atoms with van der Waals surface area (Å²) < 4.78 is 15.2. The number of nitrogens with one attached hydrogen (secondary N) is 1. The first-order chi connectivity index (χ1) is 10.2. The number of aromatic nitrogens is 1. The van der Waals surface area contributed by atoms with Crippen molar-refractivity contribution < 1.29 is 4.21 Å². The SMILES string of the molecule is CC(C)(C)[S@](=O)N[C@H](c1ccc(Cl)c(Cl)c1)c1cnc(N)s1. The number of rotatable bonds is 4. The van der Waals surface area contributed by atoms with Gasteiger partial charge in [-0.15, -0.1) is 11.3 Å². The third kappa shape index (κ3) is 4.20. The van der Waals surface area contributed by atoms with Gasteiger partial charge in [0.15, 0.2) is 5.13 Å². The summed E-state index contributed by atoms with van der Waals surface area (Å²) in [5.74, 6) is 0. The summed E-state index contributed by atoms with van der Waals surface area (Å²) in [6, 6.07) is 5.02. The highest BCUT2D eigenvalue weighted by molar-refractivity contribution is 7.84. The number of benzene rings is 1. The van der Waals surface area contributed by atoms with Crippen molar-refractivity contribution in [2.75, 3.05) is 5.73 Å². The van der Waals surface area contributed by atoms with Crippen molar-refractivity contribution in [1.29, 1.82) is 0 Å². The Balaban J connectivity index is 2.41. The Morgan fingerprint density at radius 3 is 2.50 bits per heavy atom. The third-order valence-corrected chi connectivity index (χ3v) is 6.08. The van der Waals surface area contributed by atoms with E-state index in [-0.39, 0.29) is 6.04 Å². The number of hydrogen-bond donors (Lipinski definition) is 2. The van der Waals surface area contributed by atoms with E-state index in [1.54, 1.807) is 18.3 Å². The molecule has 2 atom stereocenters. The highest BCUT2D eigenvalue weighted by Crippen LogP contribution is 2.32. The molecule has 1 aromatic carbocycles. The Morgan fingerprint density at radius 1 is 1.32 bits per heavy atom. The van der Waals surface area contributed by atoms with Crippen molar-refractivity contribution in [3.63, 3.8) is 0 Å². The van der Waals surface area contributed by atoms with E-state index >= 15 is 0 Å². The van der Waals surface area contributed by atoms with Crippen molar-refractivity contribution in [3.8, 4) is 0 Å². The number of hydrogen-bond acceptors (Lipinski definition) is 4. The molecule has 0 amide bonds. The lowest BCUT2D eigenvalue weighted by Crippen LogP contribution is -2.36. The van der Waals surface area contributed by atoms with Gasteiger partial charge in [-0.3, -0.25) is 0 Å². The third-order valence-electron chi connectivity index (χ3n) is 2.88. The van der Waals surface area contributed by atoms with Gasteiger partial charge in [0.05, 0.1) is 31.8 Å². The minimum Gasteiger partial charge on any atom is -0.375 e. The van der Waals surface area contributed by atoms with Crippen molar-refractivity contribution >= 4 is 50.7 Å². The van der Waals surface area contributed by atoms with Crippen LogP contribution >= 0.6 is 34.5 Å². The van der Waals surface area contributed by atoms with E-state index in [4.69, 9.17) is 28.9 Å². The number of anilines is 1. The van der Waals surface area contributed by atoms with Crippen LogP contribution in [-0.4, -0.2) is 13.9 Å². The molecule has 1 heterocycles. The van der Waals surface area contributed by atoms with Crippen molar-refractivity contribution in [2.45, 2.75) is 31.6 Å². The Kier molecular flexibility index (Phi) is 5.50. The molecule has 0 radical (unpaired) electrons. The monoisotopic (exact) mass is 377 g/mol. The van der Waals surface area contributed by atoms with Crippen LogP contribution in [0.15, 0.2) is 24.4 Å². The van der Waals surface area contributed by atoms with Gasteiger partial charge in [-0.05, 0) is 38.5 Å². The number of nitrogens with zero attached hydrogens (tertiary/aromatic N) is 1. The summed E-state index contributed by atoms with van der Waals surface area (Å²) in [4.78, 5) is 4.94. The van der Waals surface area contributed by atoms with Gasteiger partial charge in [0.2, 0.25) is 0 Å². The molecule has 0 bridgehead atoms. The van der Waals surface area contributed by atoms with Gasteiger partial charge in [-0.2, -0.15) is 0 Å². The van der Waals surface area contributed by atoms with Crippen LogP contribution < -0.4 is 10.5 Å². The second-order valence-corrected chi connectivity index (χ2v) is 9.61. The maximum absolute atomic E-state index is 12.5. The van der Waals surface area contributed by atoms with Gasteiger partial charge in [0, 0.05) is 11.1 Å². The second kappa shape index (κ2) is 6.84. The largest absolute Gasteiger partial charge is 0.375 e. The highest BCUT2D eigenvalue weighted by Gasteiger charge is 2.26. The maximum Gasteiger partial charge on any atom is 0.180 e. The Hall–Kier alpha value is -0.660. The summed E-state index contributed by atoms with van der Waals surface area (Å²) in [6.07, 6.45) is 1.68. The summed E-state index contributed by atoms with van der Waals surface area (Å²) in [5.41, 5.74) is 6.58. The molecule has 0 spiro atoms. The van der Waals surface area contributed by atoms with Gasteiger partial charge in [-0.1, -0.05) is 29.3 Å². The molecule has 0 aliphatic rings. The van der Waals surface area contributed by atoms with Gasteiger partial charge >= 0.3 is 0 Å². The normalized spacial score (nSPS) is 14.8. The van der Waals surface area contributed by atoms with Gasteiger partial charge in [0.25, 0.3) is 0 Å². The highest BCUT2D eigenvalue weighted by atomic mass is 35.5. The maximum atomic E-state index is 12.5. The molecule has 2 aromatic rings. The first-order valence-electron chi connectivity index (χ1n) is 6.52. The Morgan fingerprint density at radius 2 is 2.00 bits per heavy atom. The number of thiazole rings is 1. The van der Waals surface area contributed by atoms with E-state index in [9.17, 15) is 4.21 Å². The molecule has 0 fully saturated rings. The minimum absolute atomic E-state index is 0.315. The smallest absolute Gasteiger partial charge is 0.180 e. The zero-order valence-corrected chi connectivity index (χ0v) is 15.5. The van der Waals surface area contributed by atoms with Gasteiger partial charge < -0.3 is 5.73 Å². The number of nitrogens with two attached hydrogens (primary N) is 1. The van der Waals surface area contributed by atoms with Crippen molar-refractivity contribution in [3.05, 3.63) is 44.9 Å². The Labute approximate surface area is 146 Å². The lowest BCUT2D eigenvalue weighted by molar-refractivity contribution is 0.625. The molecular formula is C14H17Cl2N3OS2. The van der Waals surface area contributed by atoms with Crippen LogP contribution in [0.4, 0.5) is 5.13 Å². The minimum atomic E-state index is -1.26. The molecule has 4 nitrogen and oxygen atoms in total. The van der Waals surface area contributed by atoms with E-state index in [2.05, 4.69) is 9.71 Å². The summed E-state index contributed by atoms with van der Waals surface area (Å²) in [7, 11) is -1.26. The average molecular weight is 378 g/mol. The van der Waals surface area contributed by atoms with Crippen LogP contribution in [0.5, 0.6) is 0 Å². The summed E-state index contributed by atoms with van der Waals surface area (Å²) >= 11 is 13.4. The molecule has 8 heteroatoms. The molecule has 1 aromatic heterocycles. The van der Waals surface area contributed by atoms with Crippen LogP contribution in [0.2, 0.25) is 10.0 Å². The second-order valence-electron chi connectivity index (χ2n) is 5.71. The molecule has 0 unspecified atom stereocenters. The molecular weight excluding hydrogens is 361 g/mol. The first-order valence-corrected chi connectivity index (χ1v) is 9.25. The fourth-order valence-electron chi connectivity index (χ4n) is 1.70. The van der Waals surface area contributed by atoms with Gasteiger partial charge in [0.1, 0.15) is 0 Å². The van der Waals surface area contributed by atoms with Crippen molar-refractivity contribution in [2.24, 2.45) is 0 Å². The van der Waals surface area contributed by atoms with Crippen LogP contribution in [0, 0.1) is 0 Å². The van der Waals surface area contributed by atoms with Crippen LogP contribution in [0.1, 0.15) is 37.3 Å². The average Bonchev–Trinajstić information content (AvgIpc) is 2.84. The summed E-state index contributed by atoms with van der Waals surface area (Å²) in [5, 5.41) is 1.39. The van der Waals surface area contributed by atoms with E-state index in [1.807, 2.05) is 26.8 Å². The van der Waals surface area contributed by atoms with Crippen LogP contribution in [0.3, 0.4) is 0 Å². The molecule has 22 heavy (non-hydrogen) atoms. The zero-order chi connectivity index (χ0) is 16.5. The molecule has 120 valence electrons. The summed E-state index contributed by atoms with van der Waals surface area (Å²) in [6.45, 7) is 5.72. The first kappa shape index (κ1) is 17.7. The Bertz CT molecular complexity index is 698.